The number of benzene rings is 2. The third-order valence-electron chi connectivity index (χ3n) is 5.27. The minimum atomic E-state index is -0.186. The second-order valence-corrected chi connectivity index (χ2v) is 7.61. The van der Waals surface area contributed by atoms with E-state index in [0.717, 1.165) is 40.9 Å². The Kier molecular flexibility index (Phi) is 6.88. The van der Waals surface area contributed by atoms with Crippen molar-refractivity contribution < 1.29 is 9.53 Å². The molecule has 30 heavy (non-hydrogen) atoms. The molecular weight excluding hydrogens is 372 g/mol. The van der Waals surface area contributed by atoms with Crippen molar-refractivity contribution in [3.63, 3.8) is 0 Å². The summed E-state index contributed by atoms with van der Waals surface area (Å²) in [4.78, 5) is 17.8. The summed E-state index contributed by atoms with van der Waals surface area (Å²) in [5, 5.41) is 3.14. The maximum absolute atomic E-state index is 13.3. The van der Waals surface area contributed by atoms with Gasteiger partial charge in [-0.05, 0) is 50.3 Å². The van der Waals surface area contributed by atoms with Gasteiger partial charge in [-0.1, -0.05) is 61.9 Å². The second-order valence-electron chi connectivity index (χ2n) is 7.61. The van der Waals surface area contributed by atoms with Gasteiger partial charge in [-0.2, -0.15) is 0 Å². The number of pyridine rings is 1. The molecule has 1 N–H and O–H groups in total. The van der Waals surface area contributed by atoms with Crippen LogP contribution in [-0.4, -0.2) is 10.9 Å². The number of carbonyl (C=O) groups is 1. The van der Waals surface area contributed by atoms with E-state index in [9.17, 15) is 4.79 Å². The third-order valence-corrected chi connectivity index (χ3v) is 5.27. The number of rotatable bonds is 7. The van der Waals surface area contributed by atoms with Crippen LogP contribution < -0.4 is 10.1 Å². The molecule has 0 aliphatic rings. The topological polar surface area (TPSA) is 51.2 Å². The highest BCUT2D eigenvalue weighted by Gasteiger charge is 2.20. The van der Waals surface area contributed by atoms with Crippen LogP contribution in [-0.2, 0) is 19.4 Å². The number of ether oxygens (including phenoxy) is 1. The van der Waals surface area contributed by atoms with Crippen LogP contribution in [0.15, 0.2) is 48.5 Å². The van der Waals surface area contributed by atoms with E-state index in [4.69, 9.17) is 4.74 Å². The van der Waals surface area contributed by atoms with E-state index in [1.165, 1.54) is 5.56 Å². The number of hydrogen-bond acceptors (Lipinski definition) is 3. The smallest absolute Gasteiger partial charge is 0.261 e. The molecule has 0 aliphatic carbocycles. The van der Waals surface area contributed by atoms with Crippen molar-refractivity contribution in [2.45, 2.75) is 54.1 Å². The lowest BCUT2D eigenvalue weighted by atomic mass is 10.0. The molecule has 156 valence electrons. The fourth-order valence-corrected chi connectivity index (χ4v) is 3.61. The molecular formula is C26H30N2O2. The zero-order valence-corrected chi connectivity index (χ0v) is 18.5. The maximum Gasteiger partial charge on any atom is 0.261 e. The molecule has 1 heterocycles. The van der Waals surface area contributed by atoms with Crippen LogP contribution >= 0.6 is 0 Å². The fraction of sp³-hybridized carbons (Fsp3) is 0.308. The summed E-state index contributed by atoms with van der Waals surface area (Å²) in [6.45, 7) is 10.4. The number of carbonyl (C=O) groups excluding carboxylic acids is 1. The van der Waals surface area contributed by atoms with Crippen molar-refractivity contribution in [1.82, 2.24) is 4.98 Å². The average molecular weight is 403 g/mol. The van der Waals surface area contributed by atoms with Crippen LogP contribution in [0.25, 0.3) is 0 Å². The molecule has 0 spiro atoms. The molecule has 0 saturated carbocycles. The van der Waals surface area contributed by atoms with Gasteiger partial charge in [-0.25, -0.2) is 0 Å². The highest BCUT2D eigenvalue weighted by atomic mass is 16.5. The van der Waals surface area contributed by atoms with Crippen molar-refractivity contribution in [1.29, 1.82) is 0 Å². The van der Waals surface area contributed by atoms with Gasteiger partial charge in [-0.15, -0.1) is 0 Å². The molecule has 1 amide bonds. The van der Waals surface area contributed by atoms with Gasteiger partial charge in [0.15, 0.2) is 0 Å². The fourth-order valence-electron chi connectivity index (χ4n) is 3.61. The van der Waals surface area contributed by atoms with Crippen LogP contribution in [0.1, 0.15) is 57.8 Å². The van der Waals surface area contributed by atoms with Crippen molar-refractivity contribution in [2.24, 2.45) is 0 Å². The van der Waals surface area contributed by atoms with Crippen LogP contribution in [0.2, 0.25) is 0 Å². The van der Waals surface area contributed by atoms with Gasteiger partial charge >= 0.3 is 0 Å². The molecule has 4 nitrogen and oxygen atoms in total. The van der Waals surface area contributed by atoms with E-state index in [0.29, 0.717) is 23.6 Å². The standard InChI is InChI=1S/C26H30N2O2/c1-6-21-9-8-10-22(7-2)25(21)28-26(29)24-19(5)27-18(4)15-23(24)30-16-20-13-11-17(3)12-14-20/h8-15H,6-7,16H2,1-5H3,(H,28,29). The van der Waals surface area contributed by atoms with Gasteiger partial charge in [-0.3, -0.25) is 9.78 Å². The van der Waals surface area contributed by atoms with E-state index in [1.807, 2.05) is 38.1 Å². The van der Waals surface area contributed by atoms with Crippen LogP contribution in [0.3, 0.4) is 0 Å². The molecule has 0 atom stereocenters. The van der Waals surface area contributed by atoms with Crippen LogP contribution in [0.4, 0.5) is 5.69 Å². The Morgan fingerprint density at radius 2 is 1.60 bits per heavy atom. The van der Waals surface area contributed by atoms with Gasteiger partial charge in [0.25, 0.3) is 5.91 Å². The summed E-state index contributed by atoms with van der Waals surface area (Å²) in [7, 11) is 0. The average Bonchev–Trinajstić information content (AvgIpc) is 2.72. The molecule has 2 aromatic carbocycles. The number of hydrogen-bond donors (Lipinski definition) is 1. The van der Waals surface area contributed by atoms with Crippen molar-refractivity contribution >= 4 is 11.6 Å². The number of aromatic nitrogens is 1. The quantitative estimate of drug-likeness (QED) is 0.530. The number of nitrogens with zero attached hydrogens (tertiary/aromatic N) is 1. The molecule has 0 radical (unpaired) electrons. The molecule has 4 heteroatoms. The summed E-state index contributed by atoms with van der Waals surface area (Å²) in [6, 6.07) is 16.2. The highest BCUT2D eigenvalue weighted by Crippen LogP contribution is 2.28. The van der Waals surface area contributed by atoms with Gasteiger partial charge in [0, 0.05) is 17.4 Å². The molecule has 0 fully saturated rings. The predicted molar refractivity (Wildman–Crippen MR) is 122 cm³/mol. The molecule has 0 bridgehead atoms. The van der Waals surface area contributed by atoms with Crippen LogP contribution in [0, 0.1) is 20.8 Å². The summed E-state index contributed by atoms with van der Waals surface area (Å²) >= 11 is 0. The van der Waals surface area contributed by atoms with Gasteiger partial charge in [0.1, 0.15) is 17.9 Å². The first-order chi connectivity index (χ1) is 14.4. The summed E-state index contributed by atoms with van der Waals surface area (Å²) < 4.78 is 6.10. The predicted octanol–water partition coefficient (Wildman–Crippen LogP) is 5.96. The number of aryl methyl sites for hydroxylation is 5. The first-order valence-corrected chi connectivity index (χ1v) is 10.5. The monoisotopic (exact) mass is 402 g/mol. The van der Waals surface area contributed by atoms with E-state index < -0.39 is 0 Å². The van der Waals surface area contributed by atoms with Crippen LogP contribution in [0.5, 0.6) is 5.75 Å². The Hall–Kier alpha value is -3.14. The minimum Gasteiger partial charge on any atom is -0.488 e. The molecule has 3 rings (SSSR count). The van der Waals surface area contributed by atoms with Gasteiger partial charge < -0.3 is 10.1 Å². The number of anilines is 1. The Bertz CT molecular complexity index is 1020. The van der Waals surface area contributed by atoms with Crippen molar-refractivity contribution in [3.05, 3.63) is 87.7 Å². The van der Waals surface area contributed by atoms with E-state index >= 15 is 0 Å². The Morgan fingerprint density at radius 1 is 0.967 bits per heavy atom. The lowest BCUT2D eigenvalue weighted by molar-refractivity contribution is 0.102. The van der Waals surface area contributed by atoms with Gasteiger partial charge in [0.05, 0.1) is 5.69 Å². The number of amides is 1. The second kappa shape index (κ2) is 9.57. The number of para-hydroxylation sites is 1. The first-order valence-electron chi connectivity index (χ1n) is 10.5. The summed E-state index contributed by atoms with van der Waals surface area (Å²) in [6.07, 6.45) is 1.71. The molecule has 0 aliphatic heterocycles. The number of nitrogens with one attached hydrogen (secondary N) is 1. The lowest BCUT2D eigenvalue weighted by Crippen LogP contribution is -2.18. The Morgan fingerprint density at radius 3 is 2.20 bits per heavy atom. The van der Waals surface area contributed by atoms with E-state index in [1.54, 1.807) is 0 Å². The lowest BCUT2D eigenvalue weighted by Gasteiger charge is -2.18. The van der Waals surface area contributed by atoms with Gasteiger partial charge in [0.2, 0.25) is 0 Å². The third kappa shape index (κ3) is 4.88. The van der Waals surface area contributed by atoms with Crippen molar-refractivity contribution in [2.75, 3.05) is 5.32 Å². The largest absolute Gasteiger partial charge is 0.488 e. The maximum atomic E-state index is 13.3. The first kappa shape index (κ1) is 21.6. The normalized spacial score (nSPS) is 10.7. The molecule has 3 aromatic rings. The minimum absolute atomic E-state index is 0.186. The van der Waals surface area contributed by atoms with E-state index in [-0.39, 0.29) is 5.91 Å². The summed E-state index contributed by atoms with van der Waals surface area (Å²) in [5.74, 6) is 0.375. The van der Waals surface area contributed by atoms with Crippen molar-refractivity contribution in [3.8, 4) is 5.75 Å². The SMILES string of the molecule is CCc1cccc(CC)c1NC(=O)c1c(OCc2ccc(C)cc2)cc(C)nc1C. The van der Waals surface area contributed by atoms with E-state index in [2.05, 4.69) is 55.3 Å². The molecule has 0 saturated heterocycles. The summed E-state index contributed by atoms with van der Waals surface area (Å²) in [5.41, 5.74) is 7.40. The Labute approximate surface area is 179 Å². The highest BCUT2D eigenvalue weighted by molar-refractivity contribution is 6.07. The zero-order chi connectivity index (χ0) is 21.7. The molecule has 0 unspecified atom stereocenters. The molecule has 1 aromatic heterocycles. The Balaban J connectivity index is 1.91. The zero-order valence-electron chi connectivity index (χ0n) is 18.5.